The van der Waals surface area contributed by atoms with E-state index in [1.54, 1.807) is 37.3 Å². The summed E-state index contributed by atoms with van der Waals surface area (Å²) in [6.07, 6.45) is 0. The lowest BCUT2D eigenvalue weighted by atomic mass is 10.2. The predicted molar refractivity (Wildman–Crippen MR) is 114 cm³/mol. The van der Waals surface area contributed by atoms with Crippen LogP contribution < -0.4 is 9.47 Å². The van der Waals surface area contributed by atoms with E-state index in [2.05, 4.69) is 26.9 Å². The largest absolute Gasteiger partial charge is 0.497 e. The molecule has 0 radical (unpaired) electrons. The van der Waals surface area contributed by atoms with Crippen LogP contribution in [0.4, 0.5) is 0 Å². The topological polar surface area (TPSA) is 49.2 Å². The molecule has 0 bridgehead atoms. The molecule has 0 amide bonds. The van der Waals surface area contributed by atoms with Crippen molar-refractivity contribution >= 4 is 23.1 Å². The first-order chi connectivity index (χ1) is 13.8. The summed E-state index contributed by atoms with van der Waals surface area (Å²) in [6, 6.07) is 20.1. The second kappa shape index (κ2) is 8.50. The zero-order valence-electron chi connectivity index (χ0n) is 15.5. The molecule has 4 aromatic rings. The van der Waals surface area contributed by atoms with Crippen molar-refractivity contribution in [2.24, 2.45) is 0 Å². The van der Waals surface area contributed by atoms with Crippen LogP contribution in [0.25, 0.3) is 16.4 Å². The lowest BCUT2D eigenvalue weighted by molar-refractivity contribution is 0.412. The van der Waals surface area contributed by atoms with E-state index in [0.717, 1.165) is 44.4 Å². The normalized spacial score (nSPS) is 10.8. The summed E-state index contributed by atoms with van der Waals surface area (Å²) in [5, 5.41) is 11.8. The summed E-state index contributed by atoms with van der Waals surface area (Å²) in [6.45, 7) is 0. The highest BCUT2D eigenvalue weighted by Crippen LogP contribution is 2.35. The minimum atomic E-state index is 0.759. The number of para-hydroxylation sites is 2. The standard InChI is InChI=1S/C21H19N3O2S2/c1-25-16-8-5-7-15(13-16)14-28-21-23-22-20(19-11-6-12-27-19)24(21)17-9-3-4-10-18(17)26-2/h3-13H,14H2,1-2H3. The molecule has 2 heterocycles. The molecule has 2 aromatic heterocycles. The third-order valence-electron chi connectivity index (χ3n) is 4.20. The smallest absolute Gasteiger partial charge is 0.196 e. The van der Waals surface area contributed by atoms with E-state index in [4.69, 9.17) is 9.47 Å². The van der Waals surface area contributed by atoms with Gasteiger partial charge in [0.1, 0.15) is 11.5 Å². The predicted octanol–water partition coefficient (Wildman–Crippen LogP) is 5.31. The number of hydrogen-bond acceptors (Lipinski definition) is 6. The molecule has 0 N–H and O–H groups in total. The highest BCUT2D eigenvalue weighted by molar-refractivity contribution is 7.98. The number of benzene rings is 2. The summed E-state index contributed by atoms with van der Waals surface area (Å²) < 4.78 is 13.0. The van der Waals surface area contributed by atoms with Gasteiger partial charge in [0.25, 0.3) is 0 Å². The van der Waals surface area contributed by atoms with Gasteiger partial charge in [-0.05, 0) is 41.3 Å². The van der Waals surface area contributed by atoms with Gasteiger partial charge in [0, 0.05) is 5.75 Å². The van der Waals surface area contributed by atoms with E-state index < -0.39 is 0 Å². The molecule has 7 heteroatoms. The zero-order chi connectivity index (χ0) is 19.3. The first-order valence-corrected chi connectivity index (χ1v) is 10.5. The highest BCUT2D eigenvalue weighted by atomic mass is 32.2. The third kappa shape index (κ3) is 3.76. The summed E-state index contributed by atoms with van der Waals surface area (Å²) in [5.74, 6) is 3.20. The van der Waals surface area contributed by atoms with Crippen LogP contribution in [-0.2, 0) is 5.75 Å². The Bertz CT molecular complexity index is 1060. The van der Waals surface area contributed by atoms with Crippen molar-refractivity contribution in [2.75, 3.05) is 14.2 Å². The minimum Gasteiger partial charge on any atom is -0.497 e. The first-order valence-electron chi connectivity index (χ1n) is 8.68. The average molecular weight is 410 g/mol. The van der Waals surface area contributed by atoms with Crippen molar-refractivity contribution in [3.63, 3.8) is 0 Å². The van der Waals surface area contributed by atoms with E-state index in [0.29, 0.717) is 0 Å². The molecule has 2 aromatic carbocycles. The number of aromatic nitrogens is 3. The maximum absolute atomic E-state index is 5.59. The molecule has 28 heavy (non-hydrogen) atoms. The van der Waals surface area contributed by atoms with Crippen LogP contribution in [0.5, 0.6) is 11.5 Å². The molecule has 0 aliphatic heterocycles. The summed E-state index contributed by atoms with van der Waals surface area (Å²) in [4.78, 5) is 1.06. The SMILES string of the molecule is COc1cccc(CSc2nnc(-c3cccs3)n2-c2ccccc2OC)c1. The van der Waals surface area contributed by atoms with Crippen molar-refractivity contribution < 1.29 is 9.47 Å². The van der Waals surface area contributed by atoms with E-state index in [1.165, 1.54) is 0 Å². The van der Waals surface area contributed by atoms with E-state index in [9.17, 15) is 0 Å². The molecule has 0 aliphatic rings. The zero-order valence-corrected chi connectivity index (χ0v) is 17.2. The first kappa shape index (κ1) is 18.6. The van der Waals surface area contributed by atoms with Crippen molar-refractivity contribution in [1.29, 1.82) is 0 Å². The van der Waals surface area contributed by atoms with E-state index >= 15 is 0 Å². The summed E-state index contributed by atoms with van der Waals surface area (Å²) >= 11 is 3.28. The van der Waals surface area contributed by atoms with Crippen LogP contribution in [-0.4, -0.2) is 29.0 Å². The second-order valence-electron chi connectivity index (χ2n) is 5.93. The number of thioether (sulfide) groups is 1. The van der Waals surface area contributed by atoms with Gasteiger partial charge in [0.05, 0.1) is 24.8 Å². The van der Waals surface area contributed by atoms with Gasteiger partial charge >= 0.3 is 0 Å². The second-order valence-corrected chi connectivity index (χ2v) is 7.82. The Hall–Kier alpha value is -2.77. The van der Waals surface area contributed by atoms with Gasteiger partial charge in [0.2, 0.25) is 0 Å². The number of hydrogen-bond donors (Lipinski definition) is 0. The number of rotatable bonds is 7. The van der Waals surface area contributed by atoms with Gasteiger partial charge in [-0.15, -0.1) is 21.5 Å². The number of thiophene rings is 1. The summed E-state index contributed by atoms with van der Waals surface area (Å²) in [5.41, 5.74) is 2.09. The number of nitrogens with zero attached hydrogens (tertiary/aromatic N) is 3. The summed E-state index contributed by atoms with van der Waals surface area (Å²) in [7, 11) is 3.36. The van der Waals surface area contributed by atoms with Gasteiger partial charge in [-0.1, -0.05) is 42.1 Å². The fourth-order valence-corrected chi connectivity index (χ4v) is 4.46. The molecule has 0 saturated carbocycles. The quantitative estimate of drug-likeness (QED) is 0.387. The highest BCUT2D eigenvalue weighted by Gasteiger charge is 2.19. The molecule has 0 unspecified atom stereocenters. The molecular weight excluding hydrogens is 390 g/mol. The Morgan fingerprint density at radius 2 is 1.86 bits per heavy atom. The van der Waals surface area contributed by atoms with Crippen LogP contribution >= 0.6 is 23.1 Å². The van der Waals surface area contributed by atoms with Crippen LogP contribution in [0.2, 0.25) is 0 Å². The van der Waals surface area contributed by atoms with Gasteiger partial charge in [0.15, 0.2) is 11.0 Å². The van der Waals surface area contributed by atoms with Gasteiger partial charge in [-0.3, -0.25) is 4.57 Å². The maximum atomic E-state index is 5.59. The van der Waals surface area contributed by atoms with E-state index in [-0.39, 0.29) is 0 Å². The molecule has 0 fully saturated rings. The number of methoxy groups -OCH3 is 2. The lowest BCUT2D eigenvalue weighted by Crippen LogP contribution is -2.01. The van der Waals surface area contributed by atoms with E-state index in [1.807, 2.05) is 53.9 Å². The van der Waals surface area contributed by atoms with Crippen LogP contribution in [0.3, 0.4) is 0 Å². The Morgan fingerprint density at radius 1 is 0.964 bits per heavy atom. The Balaban J connectivity index is 1.73. The van der Waals surface area contributed by atoms with Crippen LogP contribution in [0, 0.1) is 0 Å². The van der Waals surface area contributed by atoms with Crippen LogP contribution in [0.15, 0.2) is 71.2 Å². The monoisotopic (exact) mass is 409 g/mol. The molecule has 0 spiro atoms. The average Bonchev–Trinajstić information content (AvgIpc) is 3.42. The molecule has 0 aliphatic carbocycles. The fraction of sp³-hybridized carbons (Fsp3) is 0.143. The number of ether oxygens (including phenoxy) is 2. The fourth-order valence-electron chi connectivity index (χ4n) is 2.87. The van der Waals surface area contributed by atoms with Crippen molar-refractivity contribution in [3.05, 3.63) is 71.6 Å². The molecule has 142 valence electrons. The van der Waals surface area contributed by atoms with Crippen molar-refractivity contribution in [1.82, 2.24) is 14.8 Å². The van der Waals surface area contributed by atoms with Crippen molar-refractivity contribution in [3.8, 4) is 27.9 Å². The van der Waals surface area contributed by atoms with Crippen molar-refractivity contribution in [2.45, 2.75) is 10.9 Å². The van der Waals surface area contributed by atoms with Crippen LogP contribution in [0.1, 0.15) is 5.56 Å². The maximum Gasteiger partial charge on any atom is 0.196 e. The molecule has 4 rings (SSSR count). The van der Waals surface area contributed by atoms with Gasteiger partial charge in [-0.2, -0.15) is 0 Å². The Labute approximate surface area is 172 Å². The minimum absolute atomic E-state index is 0.759. The van der Waals surface area contributed by atoms with Gasteiger partial charge < -0.3 is 9.47 Å². The Kier molecular flexibility index (Phi) is 5.64. The Morgan fingerprint density at radius 3 is 2.64 bits per heavy atom. The molecule has 0 saturated heterocycles. The molecular formula is C21H19N3O2S2. The third-order valence-corrected chi connectivity index (χ3v) is 6.07. The molecule has 5 nitrogen and oxygen atoms in total. The molecule has 0 atom stereocenters. The lowest BCUT2D eigenvalue weighted by Gasteiger charge is -2.13. The van der Waals surface area contributed by atoms with Gasteiger partial charge in [-0.25, -0.2) is 0 Å².